The van der Waals surface area contributed by atoms with E-state index in [9.17, 15) is 14.4 Å². The van der Waals surface area contributed by atoms with E-state index in [1.807, 2.05) is 0 Å². The van der Waals surface area contributed by atoms with Crippen LogP contribution in [-0.2, 0) is 14.4 Å². The van der Waals surface area contributed by atoms with Gasteiger partial charge in [0.25, 0.3) is 0 Å². The molecule has 0 saturated carbocycles. The molecular formula is C14H22N2O3. The van der Waals surface area contributed by atoms with E-state index in [0.29, 0.717) is 19.4 Å². The van der Waals surface area contributed by atoms with E-state index >= 15 is 0 Å². The molecule has 0 aromatic heterocycles. The number of nitrogens with zero attached hydrogens (tertiary/aromatic N) is 1. The molecule has 0 bridgehead atoms. The molecule has 0 aromatic carbocycles. The second-order valence-electron chi connectivity index (χ2n) is 5.52. The second kappa shape index (κ2) is 6.17. The smallest absolute Gasteiger partial charge is 0.245 e. The molecule has 5 nitrogen and oxygen atoms in total. The van der Waals surface area contributed by atoms with Crippen LogP contribution in [0.15, 0.2) is 0 Å². The van der Waals surface area contributed by atoms with E-state index in [1.54, 1.807) is 11.8 Å². The van der Waals surface area contributed by atoms with Gasteiger partial charge in [0.1, 0.15) is 6.04 Å². The summed E-state index contributed by atoms with van der Waals surface area (Å²) in [6.45, 7) is 2.18. The Balaban J connectivity index is 2.07. The van der Waals surface area contributed by atoms with Gasteiger partial charge in [0, 0.05) is 13.0 Å². The fourth-order valence-corrected chi connectivity index (χ4v) is 2.98. The predicted octanol–water partition coefficient (Wildman–Crippen LogP) is 1.02. The van der Waals surface area contributed by atoms with E-state index in [4.69, 9.17) is 0 Å². The van der Waals surface area contributed by atoms with Crippen molar-refractivity contribution in [3.63, 3.8) is 0 Å². The van der Waals surface area contributed by atoms with Crippen LogP contribution in [0.25, 0.3) is 0 Å². The number of Topliss-reactive ketones (excluding diaryl/α,β-unsaturated/α-hetero) is 1. The summed E-state index contributed by atoms with van der Waals surface area (Å²) in [5, 5.41) is 2.79. The lowest BCUT2D eigenvalue weighted by molar-refractivity contribution is -0.143. The summed E-state index contributed by atoms with van der Waals surface area (Å²) < 4.78 is 0. The fourth-order valence-electron chi connectivity index (χ4n) is 2.98. The Morgan fingerprint density at radius 3 is 2.63 bits per heavy atom. The van der Waals surface area contributed by atoms with Gasteiger partial charge in [-0.05, 0) is 39.0 Å². The number of amides is 2. The van der Waals surface area contributed by atoms with Crippen molar-refractivity contribution in [2.75, 3.05) is 6.54 Å². The molecule has 1 N–H and O–H groups in total. The second-order valence-corrected chi connectivity index (χ2v) is 5.52. The maximum absolute atomic E-state index is 12.5. The van der Waals surface area contributed by atoms with Gasteiger partial charge < -0.3 is 10.2 Å². The van der Waals surface area contributed by atoms with E-state index in [0.717, 1.165) is 32.1 Å². The van der Waals surface area contributed by atoms with Gasteiger partial charge in [0.2, 0.25) is 11.8 Å². The molecule has 2 saturated heterocycles. The summed E-state index contributed by atoms with van der Waals surface area (Å²) in [5.41, 5.74) is 0. The van der Waals surface area contributed by atoms with Crippen LogP contribution in [0.4, 0.5) is 0 Å². The standard InChI is InChI=1S/C14H22N2O3/c1-10(17)12-7-4-5-9-16(12)14(19)11-6-2-3-8-13(18)15-11/h11-12H,2-9H2,1H3,(H,15,18)/t11?,12-/m1/s1. The van der Waals surface area contributed by atoms with Crippen LogP contribution in [0.5, 0.6) is 0 Å². The number of piperidine rings is 1. The van der Waals surface area contributed by atoms with Gasteiger partial charge in [-0.25, -0.2) is 0 Å². The first-order valence-electron chi connectivity index (χ1n) is 7.20. The number of carbonyl (C=O) groups excluding carboxylic acids is 3. The van der Waals surface area contributed by atoms with Crippen molar-refractivity contribution in [2.45, 2.75) is 64.0 Å². The molecule has 5 heteroatoms. The molecule has 0 spiro atoms. The minimum atomic E-state index is -0.435. The lowest BCUT2D eigenvalue weighted by Crippen LogP contribution is -2.54. The molecule has 2 fully saturated rings. The van der Waals surface area contributed by atoms with E-state index in [2.05, 4.69) is 5.32 Å². The maximum atomic E-state index is 12.5. The summed E-state index contributed by atoms with van der Waals surface area (Å²) >= 11 is 0. The third-order valence-electron chi connectivity index (χ3n) is 4.04. The molecule has 0 aromatic rings. The van der Waals surface area contributed by atoms with Crippen molar-refractivity contribution in [1.29, 1.82) is 0 Å². The molecule has 2 heterocycles. The highest BCUT2D eigenvalue weighted by Crippen LogP contribution is 2.21. The van der Waals surface area contributed by atoms with Crippen LogP contribution in [0.3, 0.4) is 0 Å². The quantitative estimate of drug-likeness (QED) is 0.811. The van der Waals surface area contributed by atoms with Crippen LogP contribution in [0, 0.1) is 0 Å². The first-order chi connectivity index (χ1) is 9.09. The summed E-state index contributed by atoms with van der Waals surface area (Å²) in [7, 11) is 0. The van der Waals surface area contributed by atoms with Crippen LogP contribution in [0.1, 0.15) is 51.9 Å². The lowest BCUT2D eigenvalue weighted by Gasteiger charge is -2.36. The number of carbonyl (C=O) groups is 3. The summed E-state index contributed by atoms with van der Waals surface area (Å²) in [4.78, 5) is 37.4. The molecular weight excluding hydrogens is 244 g/mol. The molecule has 2 rings (SSSR count). The highest BCUT2D eigenvalue weighted by molar-refractivity contribution is 5.92. The zero-order valence-electron chi connectivity index (χ0n) is 11.5. The van der Waals surface area contributed by atoms with Gasteiger partial charge in [-0.2, -0.15) is 0 Å². The molecule has 0 radical (unpaired) electrons. The normalized spacial score (nSPS) is 28.5. The third kappa shape index (κ3) is 3.33. The average Bonchev–Trinajstić information content (AvgIpc) is 2.62. The average molecular weight is 266 g/mol. The highest BCUT2D eigenvalue weighted by atomic mass is 16.2. The number of nitrogens with one attached hydrogen (secondary N) is 1. The Morgan fingerprint density at radius 1 is 1.16 bits per heavy atom. The molecule has 19 heavy (non-hydrogen) atoms. The minimum absolute atomic E-state index is 0.0489. The Hall–Kier alpha value is -1.39. The van der Waals surface area contributed by atoms with Crippen molar-refractivity contribution in [1.82, 2.24) is 10.2 Å². The molecule has 0 aliphatic carbocycles. The van der Waals surface area contributed by atoms with E-state index in [1.165, 1.54) is 0 Å². The van der Waals surface area contributed by atoms with E-state index < -0.39 is 6.04 Å². The van der Waals surface area contributed by atoms with Gasteiger partial charge in [0.15, 0.2) is 5.78 Å². The Labute approximate surface area is 113 Å². The largest absolute Gasteiger partial charge is 0.344 e. The SMILES string of the molecule is CC(=O)[C@H]1CCCCN1C(=O)C1CCCCC(=O)N1. The molecule has 2 aliphatic heterocycles. The molecule has 106 valence electrons. The number of hydrogen-bond acceptors (Lipinski definition) is 3. The maximum Gasteiger partial charge on any atom is 0.245 e. The predicted molar refractivity (Wildman–Crippen MR) is 70.4 cm³/mol. The number of likely N-dealkylation sites (tertiary alicyclic amines) is 1. The summed E-state index contributed by atoms with van der Waals surface area (Å²) in [6.07, 6.45) is 5.59. The summed E-state index contributed by atoms with van der Waals surface area (Å²) in [5.74, 6) is -0.0737. The number of rotatable bonds is 2. The van der Waals surface area contributed by atoms with E-state index in [-0.39, 0.29) is 23.6 Å². The molecule has 2 aliphatic rings. The van der Waals surface area contributed by atoms with Gasteiger partial charge in [-0.15, -0.1) is 0 Å². The van der Waals surface area contributed by atoms with Crippen LogP contribution in [0.2, 0.25) is 0 Å². The van der Waals surface area contributed by atoms with Gasteiger partial charge in [-0.3, -0.25) is 14.4 Å². The van der Waals surface area contributed by atoms with Crippen molar-refractivity contribution in [3.05, 3.63) is 0 Å². The van der Waals surface area contributed by atoms with Gasteiger partial charge in [0.05, 0.1) is 6.04 Å². The van der Waals surface area contributed by atoms with Crippen molar-refractivity contribution < 1.29 is 14.4 Å². The monoisotopic (exact) mass is 266 g/mol. The minimum Gasteiger partial charge on any atom is -0.344 e. The molecule has 1 unspecified atom stereocenters. The fraction of sp³-hybridized carbons (Fsp3) is 0.786. The van der Waals surface area contributed by atoms with Crippen molar-refractivity contribution >= 4 is 17.6 Å². The number of ketones is 1. The van der Waals surface area contributed by atoms with Crippen molar-refractivity contribution in [2.24, 2.45) is 0 Å². The zero-order chi connectivity index (χ0) is 13.8. The first kappa shape index (κ1) is 14.0. The topological polar surface area (TPSA) is 66.5 Å². The molecule has 2 atom stereocenters. The van der Waals surface area contributed by atoms with Gasteiger partial charge in [-0.1, -0.05) is 6.42 Å². The van der Waals surface area contributed by atoms with Crippen molar-refractivity contribution in [3.8, 4) is 0 Å². The lowest BCUT2D eigenvalue weighted by atomic mass is 9.97. The Morgan fingerprint density at radius 2 is 1.89 bits per heavy atom. The van der Waals surface area contributed by atoms with Gasteiger partial charge >= 0.3 is 0 Å². The van der Waals surface area contributed by atoms with Crippen LogP contribution >= 0.6 is 0 Å². The van der Waals surface area contributed by atoms with Crippen LogP contribution < -0.4 is 5.32 Å². The van der Waals surface area contributed by atoms with Crippen LogP contribution in [-0.4, -0.2) is 41.1 Å². The Bertz CT molecular complexity index is 381. The Kier molecular flexibility index (Phi) is 4.56. The number of hydrogen-bond donors (Lipinski definition) is 1. The highest BCUT2D eigenvalue weighted by Gasteiger charge is 2.34. The third-order valence-corrected chi connectivity index (χ3v) is 4.04. The first-order valence-corrected chi connectivity index (χ1v) is 7.20. The summed E-state index contributed by atoms with van der Waals surface area (Å²) in [6, 6.07) is -0.726. The molecule has 2 amide bonds. The zero-order valence-corrected chi connectivity index (χ0v) is 11.5.